The lowest BCUT2D eigenvalue weighted by Crippen LogP contribution is -2.61. The highest BCUT2D eigenvalue weighted by molar-refractivity contribution is 4.90. The van der Waals surface area contributed by atoms with Crippen molar-refractivity contribution in [1.82, 2.24) is 14.7 Å². The number of nitrogens with zero attached hydrogens (tertiary/aromatic N) is 3. The van der Waals surface area contributed by atoms with Gasteiger partial charge in [0.05, 0.1) is 6.61 Å². The summed E-state index contributed by atoms with van der Waals surface area (Å²) in [5.74, 6) is 0. The number of hydrogen-bond acceptors (Lipinski definition) is 4. The van der Waals surface area contributed by atoms with Crippen molar-refractivity contribution < 1.29 is 4.74 Å². The summed E-state index contributed by atoms with van der Waals surface area (Å²) in [6.45, 7) is 16.2. The van der Waals surface area contributed by atoms with E-state index in [9.17, 15) is 0 Å². The van der Waals surface area contributed by atoms with Crippen LogP contribution in [0, 0.1) is 0 Å². The predicted octanol–water partition coefficient (Wildman–Crippen LogP) is 1.90. The van der Waals surface area contributed by atoms with E-state index in [0.29, 0.717) is 18.1 Å². The van der Waals surface area contributed by atoms with Crippen molar-refractivity contribution in [3.63, 3.8) is 0 Å². The summed E-state index contributed by atoms with van der Waals surface area (Å²) in [5.41, 5.74) is 0. The SMILES string of the molecule is COC[C@@H]1CN(C(C)C)CCN1C1CCN(C(C)C)CC1. The van der Waals surface area contributed by atoms with Gasteiger partial charge >= 0.3 is 0 Å². The third kappa shape index (κ3) is 4.41. The zero-order chi connectivity index (χ0) is 15.4. The van der Waals surface area contributed by atoms with Gasteiger partial charge in [0.1, 0.15) is 0 Å². The number of ether oxygens (including phenoxy) is 1. The van der Waals surface area contributed by atoms with Crippen LogP contribution in [-0.2, 0) is 4.74 Å². The molecule has 0 saturated carbocycles. The second-order valence-corrected chi connectivity index (χ2v) is 7.30. The van der Waals surface area contributed by atoms with Crippen LogP contribution in [0.25, 0.3) is 0 Å². The van der Waals surface area contributed by atoms with Gasteiger partial charge < -0.3 is 9.64 Å². The fraction of sp³-hybridized carbons (Fsp3) is 1.00. The van der Waals surface area contributed by atoms with Gasteiger partial charge in [-0.05, 0) is 53.6 Å². The molecule has 21 heavy (non-hydrogen) atoms. The Morgan fingerprint density at radius 2 is 1.52 bits per heavy atom. The molecule has 0 aliphatic carbocycles. The topological polar surface area (TPSA) is 19.0 Å². The Bertz CT molecular complexity index is 300. The number of methoxy groups -OCH3 is 1. The van der Waals surface area contributed by atoms with E-state index in [0.717, 1.165) is 19.2 Å². The molecule has 0 aromatic carbocycles. The number of piperazine rings is 1. The van der Waals surface area contributed by atoms with Gasteiger partial charge in [0.15, 0.2) is 0 Å². The Morgan fingerprint density at radius 3 is 2.05 bits per heavy atom. The summed E-state index contributed by atoms with van der Waals surface area (Å²) in [6.07, 6.45) is 2.64. The molecule has 0 unspecified atom stereocenters. The van der Waals surface area contributed by atoms with Crippen LogP contribution in [-0.4, -0.2) is 85.3 Å². The monoisotopic (exact) mass is 297 g/mol. The molecule has 2 saturated heterocycles. The van der Waals surface area contributed by atoms with Crippen molar-refractivity contribution in [2.45, 2.75) is 64.7 Å². The second kappa shape index (κ2) is 7.91. The van der Waals surface area contributed by atoms with E-state index in [-0.39, 0.29) is 0 Å². The number of piperidine rings is 1. The molecule has 2 aliphatic heterocycles. The minimum absolute atomic E-state index is 0.571. The zero-order valence-corrected chi connectivity index (χ0v) is 14.7. The molecule has 0 aromatic rings. The molecule has 1 atom stereocenters. The van der Waals surface area contributed by atoms with E-state index < -0.39 is 0 Å². The fourth-order valence-electron chi connectivity index (χ4n) is 3.92. The molecule has 0 aromatic heterocycles. The maximum absolute atomic E-state index is 5.51. The third-order valence-electron chi connectivity index (χ3n) is 5.35. The maximum atomic E-state index is 5.51. The van der Waals surface area contributed by atoms with Crippen molar-refractivity contribution in [3.05, 3.63) is 0 Å². The molecule has 0 N–H and O–H groups in total. The Morgan fingerprint density at radius 1 is 0.905 bits per heavy atom. The molecule has 2 fully saturated rings. The molecule has 0 spiro atoms. The van der Waals surface area contributed by atoms with Gasteiger partial charge in [-0.2, -0.15) is 0 Å². The summed E-state index contributed by atoms with van der Waals surface area (Å²) < 4.78 is 5.51. The van der Waals surface area contributed by atoms with Crippen LogP contribution in [0.5, 0.6) is 0 Å². The van der Waals surface area contributed by atoms with Gasteiger partial charge in [-0.1, -0.05) is 0 Å². The molecule has 2 rings (SSSR count). The van der Waals surface area contributed by atoms with Crippen LogP contribution in [0.3, 0.4) is 0 Å². The summed E-state index contributed by atoms with van der Waals surface area (Å²) >= 11 is 0. The fourth-order valence-corrected chi connectivity index (χ4v) is 3.92. The van der Waals surface area contributed by atoms with E-state index >= 15 is 0 Å². The van der Waals surface area contributed by atoms with Crippen LogP contribution in [0.4, 0.5) is 0 Å². The molecule has 0 amide bonds. The first kappa shape index (κ1) is 17.2. The molecule has 2 heterocycles. The lowest BCUT2D eigenvalue weighted by Gasteiger charge is -2.48. The molecule has 0 bridgehead atoms. The van der Waals surface area contributed by atoms with Crippen molar-refractivity contribution in [2.24, 2.45) is 0 Å². The van der Waals surface area contributed by atoms with Crippen molar-refractivity contribution >= 4 is 0 Å². The molecule has 124 valence electrons. The number of likely N-dealkylation sites (tertiary alicyclic amines) is 1. The standard InChI is InChI=1S/C17H35N3O/c1-14(2)18-8-6-16(7-9-18)20-11-10-19(15(3)4)12-17(20)13-21-5/h14-17H,6-13H2,1-5H3/t17-/m0/s1. The molecule has 2 aliphatic rings. The third-order valence-corrected chi connectivity index (χ3v) is 5.35. The lowest BCUT2D eigenvalue weighted by atomic mass is 9.98. The van der Waals surface area contributed by atoms with Crippen molar-refractivity contribution in [2.75, 3.05) is 46.4 Å². The number of rotatable bonds is 5. The van der Waals surface area contributed by atoms with Crippen molar-refractivity contribution in [1.29, 1.82) is 0 Å². The Kier molecular flexibility index (Phi) is 6.48. The minimum atomic E-state index is 0.571. The normalized spacial score (nSPS) is 27.9. The first-order chi connectivity index (χ1) is 10.0. The molecule has 4 heteroatoms. The van der Waals surface area contributed by atoms with Gasteiger partial charge in [-0.3, -0.25) is 9.80 Å². The Balaban J connectivity index is 1.92. The summed E-state index contributed by atoms with van der Waals surface area (Å²) in [6, 6.07) is 2.67. The van der Waals surface area contributed by atoms with Crippen LogP contribution in [0.1, 0.15) is 40.5 Å². The average Bonchev–Trinajstić information content (AvgIpc) is 2.47. The van der Waals surface area contributed by atoms with Crippen LogP contribution >= 0.6 is 0 Å². The smallest absolute Gasteiger partial charge is 0.0630 e. The van der Waals surface area contributed by atoms with Crippen molar-refractivity contribution in [3.8, 4) is 0 Å². The largest absolute Gasteiger partial charge is 0.383 e. The van der Waals surface area contributed by atoms with E-state index in [2.05, 4.69) is 42.4 Å². The minimum Gasteiger partial charge on any atom is -0.383 e. The molecular weight excluding hydrogens is 262 g/mol. The maximum Gasteiger partial charge on any atom is 0.0630 e. The van der Waals surface area contributed by atoms with Crippen LogP contribution in [0.2, 0.25) is 0 Å². The predicted molar refractivity (Wildman–Crippen MR) is 88.8 cm³/mol. The molecule has 0 radical (unpaired) electrons. The van der Waals surface area contributed by atoms with Gasteiger partial charge in [-0.15, -0.1) is 0 Å². The van der Waals surface area contributed by atoms with Gasteiger partial charge in [0, 0.05) is 50.9 Å². The summed E-state index contributed by atoms with van der Waals surface area (Å²) in [5, 5.41) is 0. The number of hydrogen-bond donors (Lipinski definition) is 0. The van der Waals surface area contributed by atoms with Gasteiger partial charge in [0.2, 0.25) is 0 Å². The van der Waals surface area contributed by atoms with E-state index in [1.807, 2.05) is 7.11 Å². The van der Waals surface area contributed by atoms with Crippen LogP contribution < -0.4 is 0 Å². The highest BCUT2D eigenvalue weighted by atomic mass is 16.5. The van der Waals surface area contributed by atoms with Gasteiger partial charge in [0.25, 0.3) is 0 Å². The van der Waals surface area contributed by atoms with E-state index in [4.69, 9.17) is 4.74 Å². The Labute approximate surface area is 131 Å². The zero-order valence-electron chi connectivity index (χ0n) is 14.7. The van der Waals surface area contributed by atoms with E-state index in [1.54, 1.807) is 0 Å². The highest BCUT2D eigenvalue weighted by Crippen LogP contribution is 2.23. The summed E-state index contributed by atoms with van der Waals surface area (Å²) in [4.78, 5) is 7.97. The van der Waals surface area contributed by atoms with Gasteiger partial charge in [-0.25, -0.2) is 0 Å². The lowest BCUT2D eigenvalue weighted by molar-refractivity contribution is -0.0260. The quantitative estimate of drug-likeness (QED) is 0.771. The second-order valence-electron chi connectivity index (χ2n) is 7.30. The first-order valence-electron chi connectivity index (χ1n) is 8.75. The average molecular weight is 297 g/mol. The first-order valence-corrected chi connectivity index (χ1v) is 8.75. The Hall–Kier alpha value is -0.160. The molecule has 4 nitrogen and oxygen atoms in total. The summed E-state index contributed by atoms with van der Waals surface area (Å²) in [7, 11) is 1.84. The van der Waals surface area contributed by atoms with Crippen LogP contribution in [0.15, 0.2) is 0 Å². The van der Waals surface area contributed by atoms with E-state index in [1.165, 1.54) is 39.0 Å². The highest BCUT2D eigenvalue weighted by Gasteiger charge is 2.34. The molecular formula is C17H35N3O.